The van der Waals surface area contributed by atoms with E-state index in [2.05, 4.69) is 16.4 Å². The summed E-state index contributed by atoms with van der Waals surface area (Å²) in [6.07, 6.45) is 6.20. The van der Waals surface area contributed by atoms with E-state index in [0.717, 1.165) is 43.2 Å². The van der Waals surface area contributed by atoms with Gasteiger partial charge < -0.3 is 19.5 Å². The molecule has 3 rings (SSSR count). The van der Waals surface area contributed by atoms with Crippen LogP contribution in [0.3, 0.4) is 0 Å². The molecule has 1 fully saturated rings. The lowest BCUT2D eigenvalue weighted by Crippen LogP contribution is -2.25. The second-order valence-corrected chi connectivity index (χ2v) is 5.90. The average molecular weight is 328 g/mol. The lowest BCUT2D eigenvalue weighted by Gasteiger charge is -2.14. The first-order valence-corrected chi connectivity index (χ1v) is 8.36. The number of nitrogens with one attached hydrogen (secondary N) is 1. The van der Waals surface area contributed by atoms with Crippen molar-refractivity contribution in [3.63, 3.8) is 0 Å². The van der Waals surface area contributed by atoms with E-state index >= 15 is 0 Å². The van der Waals surface area contributed by atoms with Crippen LogP contribution in [-0.2, 0) is 17.9 Å². The van der Waals surface area contributed by atoms with E-state index in [4.69, 9.17) is 14.2 Å². The van der Waals surface area contributed by atoms with E-state index in [-0.39, 0.29) is 0 Å². The Hall–Kier alpha value is -2.11. The fourth-order valence-corrected chi connectivity index (χ4v) is 2.76. The van der Waals surface area contributed by atoms with Crippen LogP contribution in [0.4, 0.5) is 0 Å². The van der Waals surface area contributed by atoms with Gasteiger partial charge in [0.2, 0.25) is 0 Å². The second kappa shape index (κ2) is 8.66. The number of pyridine rings is 1. The van der Waals surface area contributed by atoms with Crippen LogP contribution in [0.15, 0.2) is 42.7 Å². The molecule has 1 aliphatic heterocycles. The smallest absolute Gasteiger partial charge is 0.161 e. The number of ether oxygens (including phenoxy) is 3. The van der Waals surface area contributed by atoms with Crippen molar-refractivity contribution in [1.29, 1.82) is 0 Å². The number of nitrogens with zero attached hydrogens (tertiary/aromatic N) is 1. The first kappa shape index (κ1) is 16.7. The van der Waals surface area contributed by atoms with E-state index < -0.39 is 0 Å². The van der Waals surface area contributed by atoms with Gasteiger partial charge in [0.1, 0.15) is 6.61 Å². The number of benzene rings is 1. The Morgan fingerprint density at radius 1 is 1.17 bits per heavy atom. The van der Waals surface area contributed by atoms with Gasteiger partial charge in [-0.1, -0.05) is 6.07 Å². The summed E-state index contributed by atoms with van der Waals surface area (Å²) in [5.41, 5.74) is 2.25. The van der Waals surface area contributed by atoms with Gasteiger partial charge in [0.05, 0.1) is 13.2 Å². The maximum Gasteiger partial charge on any atom is 0.161 e. The average Bonchev–Trinajstić information content (AvgIpc) is 3.15. The van der Waals surface area contributed by atoms with Crippen LogP contribution in [0.25, 0.3) is 0 Å². The lowest BCUT2D eigenvalue weighted by molar-refractivity contribution is 0.110. The van der Waals surface area contributed by atoms with Crippen molar-refractivity contribution in [1.82, 2.24) is 10.3 Å². The van der Waals surface area contributed by atoms with Gasteiger partial charge in [-0.2, -0.15) is 0 Å². The molecule has 1 N–H and O–H groups in total. The Labute approximate surface area is 143 Å². The Morgan fingerprint density at radius 3 is 2.79 bits per heavy atom. The van der Waals surface area contributed by atoms with Gasteiger partial charge in [-0.25, -0.2) is 0 Å². The predicted molar refractivity (Wildman–Crippen MR) is 92.2 cm³/mol. The van der Waals surface area contributed by atoms with Gasteiger partial charge in [-0.3, -0.25) is 4.98 Å². The van der Waals surface area contributed by atoms with Gasteiger partial charge in [0.15, 0.2) is 11.5 Å². The highest BCUT2D eigenvalue weighted by molar-refractivity contribution is 5.43. The molecule has 5 heteroatoms. The molecule has 0 amide bonds. The molecule has 1 saturated heterocycles. The molecule has 1 aliphatic rings. The Morgan fingerprint density at radius 2 is 2.04 bits per heavy atom. The minimum atomic E-state index is 0.356. The van der Waals surface area contributed by atoms with Crippen molar-refractivity contribution < 1.29 is 14.2 Å². The Balaban J connectivity index is 1.53. The highest BCUT2D eigenvalue weighted by Gasteiger charge is 2.14. The third-order valence-electron chi connectivity index (χ3n) is 4.10. The van der Waals surface area contributed by atoms with Crippen molar-refractivity contribution in [2.24, 2.45) is 0 Å². The molecule has 24 heavy (non-hydrogen) atoms. The van der Waals surface area contributed by atoms with Crippen LogP contribution in [0.5, 0.6) is 11.5 Å². The van der Waals surface area contributed by atoms with Gasteiger partial charge >= 0.3 is 0 Å². The van der Waals surface area contributed by atoms with E-state index in [0.29, 0.717) is 12.7 Å². The highest BCUT2D eigenvalue weighted by atomic mass is 16.5. The van der Waals surface area contributed by atoms with Gasteiger partial charge in [-0.05, 0) is 48.2 Å². The van der Waals surface area contributed by atoms with Gasteiger partial charge in [-0.15, -0.1) is 0 Å². The first-order valence-electron chi connectivity index (χ1n) is 8.36. The summed E-state index contributed by atoms with van der Waals surface area (Å²) in [5.74, 6) is 1.50. The zero-order valence-corrected chi connectivity index (χ0v) is 14.0. The van der Waals surface area contributed by atoms with Crippen LogP contribution in [-0.4, -0.2) is 31.3 Å². The van der Waals surface area contributed by atoms with E-state index in [9.17, 15) is 0 Å². The predicted octanol–water partition coefficient (Wildman–Crippen LogP) is 2.94. The minimum absolute atomic E-state index is 0.356. The number of aromatic nitrogens is 1. The number of methoxy groups -OCH3 is 1. The molecule has 0 bridgehead atoms. The molecule has 1 unspecified atom stereocenters. The normalized spacial score (nSPS) is 17.0. The van der Waals surface area contributed by atoms with E-state index in [1.807, 2.05) is 24.3 Å². The molecule has 5 nitrogen and oxygen atoms in total. The molecule has 2 heterocycles. The zero-order chi connectivity index (χ0) is 16.6. The van der Waals surface area contributed by atoms with Gasteiger partial charge in [0, 0.05) is 32.1 Å². The van der Waals surface area contributed by atoms with Crippen LogP contribution < -0.4 is 14.8 Å². The molecule has 2 aromatic rings. The van der Waals surface area contributed by atoms with Gasteiger partial charge in [0.25, 0.3) is 0 Å². The number of hydrogen-bond donors (Lipinski definition) is 1. The Bertz CT molecular complexity index is 628. The molecule has 0 aliphatic carbocycles. The number of rotatable bonds is 8. The zero-order valence-electron chi connectivity index (χ0n) is 14.0. The molecule has 0 spiro atoms. The fourth-order valence-electron chi connectivity index (χ4n) is 2.76. The van der Waals surface area contributed by atoms with Crippen LogP contribution in [0.1, 0.15) is 24.0 Å². The minimum Gasteiger partial charge on any atom is -0.493 e. The SMILES string of the molecule is COc1cc(CNCC2CCCO2)ccc1OCc1ccncc1. The standard InChI is InChI=1S/C19H24N2O3/c1-22-19-11-16(12-21-13-17-3-2-10-23-17)4-5-18(19)24-14-15-6-8-20-9-7-15/h4-9,11,17,21H,2-3,10,12-14H2,1H3. The summed E-state index contributed by atoms with van der Waals surface area (Å²) >= 11 is 0. The summed E-state index contributed by atoms with van der Waals surface area (Å²) in [6.45, 7) is 3.07. The molecular formula is C19H24N2O3. The van der Waals surface area contributed by atoms with Crippen molar-refractivity contribution in [2.75, 3.05) is 20.3 Å². The third-order valence-corrected chi connectivity index (χ3v) is 4.10. The summed E-state index contributed by atoms with van der Waals surface area (Å²) < 4.78 is 16.9. The van der Waals surface area contributed by atoms with E-state index in [1.165, 1.54) is 12.0 Å². The van der Waals surface area contributed by atoms with Crippen molar-refractivity contribution in [3.8, 4) is 11.5 Å². The molecule has 0 radical (unpaired) electrons. The molecular weight excluding hydrogens is 304 g/mol. The topological polar surface area (TPSA) is 52.6 Å². The highest BCUT2D eigenvalue weighted by Crippen LogP contribution is 2.28. The maximum absolute atomic E-state index is 5.86. The van der Waals surface area contributed by atoms with Crippen LogP contribution >= 0.6 is 0 Å². The lowest BCUT2D eigenvalue weighted by atomic mass is 10.2. The van der Waals surface area contributed by atoms with Crippen molar-refractivity contribution >= 4 is 0 Å². The van der Waals surface area contributed by atoms with Crippen molar-refractivity contribution in [3.05, 3.63) is 53.9 Å². The molecule has 0 saturated carbocycles. The summed E-state index contributed by atoms with van der Waals surface area (Å²) in [4.78, 5) is 4.01. The quantitative estimate of drug-likeness (QED) is 0.807. The summed E-state index contributed by atoms with van der Waals surface area (Å²) in [6, 6.07) is 9.92. The number of hydrogen-bond acceptors (Lipinski definition) is 5. The molecule has 1 atom stereocenters. The second-order valence-electron chi connectivity index (χ2n) is 5.90. The van der Waals surface area contributed by atoms with Crippen LogP contribution in [0.2, 0.25) is 0 Å². The van der Waals surface area contributed by atoms with E-state index in [1.54, 1.807) is 19.5 Å². The Kier molecular flexibility index (Phi) is 6.04. The first-order chi connectivity index (χ1) is 11.8. The van der Waals surface area contributed by atoms with Crippen molar-refractivity contribution in [2.45, 2.75) is 32.1 Å². The largest absolute Gasteiger partial charge is 0.493 e. The monoisotopic (exact) mass is 328 g/mol. The third kappa shape index (κ3) is 4.69. The fraction of sp³-hybridized carbons (Fsp3) is 0.421. The molecule has 128 valence electrons. The summed E-state index contributed by atoms with van der Waals surface area (Å²) in [7, 11) is 1.66. The molecule has 1 aromatic heterocycles. The summed E-state index contributed by atoms with van der Waals surface area (Å²) in [5, 5.41) is 3.44. The van der Waals surface area contributed by atoms with Crippen LogP contribution in [0, 0.1) is 0 Å². The maximum atomic E-state index is 5.86. The molecule has 1 aromatic carbocycles.